The molecule has 148 valence electrons. The number of carbonyl (C=O) groups excluding carboxylic acids is 2. The van der Waals surface area contributed by atoms with Crippen LogP contribution in [-0.4, -0.2) is 34.3 Å². The Morgan fingerprint density at radius 1 is 1.03 bits per heavy atom. The van der Waals surface area contributed by atoms with Crippen molar-refractivity contribution in [3.8, 4) is 23.7 Å². The maximum Gasteiger partial charge on any atom is 0.268 e. The second-order valence-corrected chi connectivity index (χ2v) is 6.32. The first kappa shape index (κ1) is 21.5. The first-order valence-electron chi connectivity index (χ1n) is 8.73. The van der Waals surface area contributed by atoms with Gasteiger partial charge in [-0.05, 0) is 67.6 Å². The van der Waals surface area contributed by atoms with E-state index in [1.165, 1.54) is 24.5 Å². The molecule has 0 heterocycles. The zero-order valence-electron chi connectivity index (χ0n) is 16.0. The lowest BCUT2D eigenvalue weighted by molar-refractivity contribution is -0.133. The molecular formula is C22H21N3O4. The van der Waals surface area contributed by atoms with Crippen LogP contribution < -0.4 is 16.5 Å². The molecule has 7 nitrogen and oxygen atoms in total. The number of carbonyl (C=O) groups is 2. The molecule has 2 aromatic carbocycles. The molecule has 0 bridgehead atoms. The topological polar surface area (TPSA) is 125 Å². The van der Waals surface area contributed by atoms with Gasteiger partial charge in [-0.25, -0.2) is 5.48 Å². The third-order valence-electron chi connectivity index (χ3n) is 4.06. The number of nitrogen functional groups attached to an aromatic ring is 1. The summed E-state index contributed by atoms with van der Waals surface area (Å²) in [7, 11) is 0. The van der Waals surface area contributed by atoms with Gasteiger partial charge >= 0.3 is 0 Å². The normalized spacial score (nSPS) is 11.7. The number of aliphatic hydroxyl groups is 1. The molecule has 2 unspecified atom stereocenters. The fraction of sp³-hybridized carbons (Fsp3) is 0.182. The predicted octanol–water partition coefficient (Wildman–Crippen LogP) is 0.965. The Morgan fingerprint density at radius 3 is 2.17 bits per heavy atom. The number of nitrogens with one attached hydrogen (secondary N) is 2. The van der Waals surface area contributed by atoms with Gasteiger partial charge in [0.05, 0.1) is 6.10 Å². The molecule has 0 fully saturated rings. The Kier molecular flexibility index (Phi) is 7.39. The fourth-order valence-electron chi connectivity index (χ4n) is 2.33. The number of nitrogens with two attached hydrogens (primary N) is 1. The van der Waals surface area contributed by atoms with Crippen molar-refractivity contribution in [3.63, 3.8) is 0 Å². The SMILES string of the molecule is Cc1ccc(C#CC#Cc2ccc(C(=O)NC(C(=O)NO)C(C)O)cc2)cc1N. The summed E-state index contributed by atoms with van der Waals surface area (Å²) >= 11 is 0. The van der Waals surface area contributed by atoms with Crippen LogP contribution in [0.25, 0.3) is 0 Å². The number of benzene rings is 2. The van der Waals surface area contributed by atoms with Crippen LogP contribution in [-0.2, 0) is 4.79 Å². The fourth-order valence-corrected chi connectivity index (χ4v) is 2.33. The molecule has 2 amide bonds. The van der Waals surface area contributed by atoms with Gasteiger partial charge in [0.25, 0.3) is 11.8 Å². The van der Waals surface area contributed by atoms with E-state index in [9.17, 15) is 14.7 Å². The van der Waals surface area contributed by atoms with E-state index in [0.717, 1.165) is 11.1 Å². The maximum absolute atomic E-state index is 12.2. The highest BCUT2D eigenvalue weighted by Gasteiger charge is 2.25. The van der Waals surface area contributed by atoms with Crippen molar-refractivity contribution >= 4 is 17.5 Å². The molecule has 7 heteroatoms. The van der Waals surface area contributed by atoms with Crippen LogP contribution in [0.1, 0.15) is 34.0 Å². The highest BCUT2D eigenvalue weighted by Crippen LogP contribution is 2.11. The molecule has 29 heavy (non-hydrogen) atoms. The van der Waals surface area contributed by atoms with E-state index in [1.54, 1.807) is 18.2 Å². The molecule has 0 spiro atoms. The second-order valence-electron chi connectivity index (χ2n) is 6.32. The van der Waals surface area contributed by atoms with E-state index < -0.39 is 24.0 Å². The van der Waals surface area contributed by atoms with E-state index in [1.807, 2.05) is 19.1 Å². The van der Waals surface area contributed by atoms with Gasteiger partial charge in [0.1, 0.15) is 6.04 Å². The summed E-state index contributed by atoms with van der Waals surface area (Å²) in [4.78, 5) is 23.7. The Labute approximate surface area is 168 Å². The first-order chi connectivity index (χ1) is 13.8. The van der Waals surface area contributed by atoms with Crippen molar-refractivity contribution in [2.75, 3.05) is 5.73 Å². The molecule has 0 aliphatic heterocycles. The summed E-state index contributed by atoms with van der Waals surface area (Å²) in [6.07, 6.45) is -1.18. The smallest absolute Gasteiger partial charge is 0.268 e. The number of amides is 2. The third-order valence-corrected chi connectivity index (χ3v) is 4.06. The minimum Gasteiger partial charge on any atom is -0.398 e. The van der Waals surface area contributed by atoms with Gasteiger partial charge in [0.15, 0.2) is 0 Å². The lowest BCUT2D eigenvalue weighted by Crippen LogP contribution is -2.51. The zero-order valence-corrected chi connectivity index (χ0v) is 16.0. The molecular weight excluding hydrogens is 370 g/mol. The summed E-state index contributed by atoms with van der Waals surface area (Å²) < 4.78 is 0. The van der Waals surface area contributed by atoms with Gasteiger partial charge in [0, 0.05) is 22.4 Å². The van der Waals surface area contributed by atoms with Crippen LogP contribution in [0.5, 0.6) is 0 Å². The summed E-state index contributed by atoms with van der Waals surface area (Å²) in [5.41, 5.74) is 10.6. The maximum atomic E-state index is 12.2. The Balaban J connectivity index is 2.05. The minimum atomic E-state index is -1.28. The highest BCUT2D eigenvalue weighted by molar-refractivity contribution is 5.97. The van der Waals surface area contributed by atoms with Gasteiger partial charge in [0.2, 0.25) is 0 Å². The van der Waals surface area contributed by atoms with Crippen molar-refractivity contribution in [3.05, 3.63) is 64.7 Å². The van der Waals surface area contributed by atoms with Gasteiger partial charge in [-0.1, -0.05) is 17.9 Å². The lowest BCUT2D eigenvalue weighted by atomic mass is 10.1. The molecule has 0 aromatic heterocycles. The van der Waals surface area contributed by atoms with Gasteiger partial charge < -0.3 is 16.2 Å². The van der Waals surface area contributed by atoms with Crippen LogP contribution in [0.15, 0.2) is 42.5 Å². The molecule has 2 atom stereocenters. The molecule has 2 aromatic rings. The Hall–Kier alpha value is -3.78. The summed E-state index contributed by atoms with van der Waals surface area (Å²) in [5, 5.41) is 20.6. The highest BCUT2D eigenvalue weighted by atomic mass is 16.5. The van der Waals surface area contributed by atoms with E-state index in [2.05, 4.69) is 29.0 Å². The van der Waals surface area contributed by atoms with Gasteiger partial charge in [-0.2, -0.15) is 0 Å². The van der Waals surface area contributed by atoms with Crippen LogP contribution >= 0.6 is 0 Å². The molecule has 0 saturated carbocycles. The average Bonchev–Trinajstić information content (AvgIpc) is 2.71. The van der Waals surface area contributed by atoms with Gasteiger partial charge in [-0.15, -0.1) is 0 Å². The van der Waals surface area contributed by atoms with E-state index >= 15 is 0 Å². The quantitative estimate of drug-likeness (QED) is 0.230. The Morgan fingerprint density at radius 2 is 1.62 bits per heavy atom. The van der Waals surface area contributed by atoms with Crippen molar-refractivity contribution < 1.29 is 19.9 Å². The van der Waals surface area contributed by atoms with E-state index in [0.29, 0.717) is 11.3 Å². The van der Waals surface area contributed by atoms with Crippen LogP contribution in [0.2, 0.25) is 0 Å². The number of rotatable bonds is 4. The van der Waals surface area contributed by atoms with Crippen molar-refractivity contribution in [2.24, 2.45) is 0 Å². The summed E-state index contributed by atoms with van der Waals surface area (Å²) in [6, 6.07) is 10.6. The van der Waals surface area contributed by atoms with Crippen molar-refractivity contribution in [1.29, 1.82) is 0 Å². The minimum absolute atomic E-state index is 0.271. The number of aryl methyl sites for hydroxylation is 1. The van der Waals surface area contributed by atoms with Crippen LogP contribution in [0.4, 0.5) is 5.69 Å². The Bertz CT molecular complexity index is 1020. The molecule has 2 rings (SSSR count). The largest absolute Gasteiger partial charge is 0.398 e. The number of hydroxylamine groups is 1. The van der Waals surface area contributed by atoms with E-state index in [4.69, 9.17) is 10.9 Å². The third kappa shape index (κ3) is 6.12. The summed E-state index contributed by atoms with van der Waals surface area (Å²) in [6.45, 7) is 3.24. The number of anilines is 1. The van der Waals surface area contributed by atoms with Crippen LogP contribution in [0.3, 0.4) is 0 Å². The number of hydrogen-bond acceptors (Lipinski definition) is 5. The van der Waals surface area contributed by atoms with Crippen molar-refractivity contribution in [1.82, 2.24) is 10.8 Å². The zero-order chi connectivity index (χ0) is 21.4. The standard InChI is InChI=1S/C22H21N3O4/c1-14-7-8-17(13-19(14)23)6-4-3-5-16-9-11-18(12-10-16)21(27)24-20(15(2)26)22(28)25-29/h7-13,15,20,26,29H,23H2,1-2H3,(H,24,27)(H,25,28). The number of aliphatic hydroxyl groups excluding tert-OH is 1. The monoisotopic (exact) mass is 391 g/mol. The van der Waals surface area contributed by atoms with E-state index in [-0.39, 0.29) is 5.56 Å². The summed E-state index contributed by atoms with van der Waals surface area (Å²) in [5.74, 6) is 9.78. The molecule has 0 saturated heterocycles. The predicted molar refractivity (Wildman–Crippen MR) is 109 cm³/mol. The van der Waals surface area contributed by atoms with Gasteiger partial charge in [-0.3, -0.25) is 14.8 Å². The first-order valence-corrected chi connectivity index (χ1v) is 8.73. The van der Waals surface area contributed by atoms with Crippen LogP contribution in [0, 0.1) is 30.6 Å². The molecule has 0 radical (unpaired) electrons. The molecule has 6 N–H and O–H groups in total. The average molecular weight is 391 g/mol. The lowest BCUT2D eigenvalue weighted by Gasteiger charge is -2.19. The molecule has 0 aliphatic carbocycles. The second kappa shape index (κ2) is 9.95. The molecule has 0 aliphatic rings. The number of hydrogen-bond donors (Lipinski definition) is 5. The van der Waals surface area contributed by atoms with Crippen molar-refractivity contribution in [2.45, 2.75) is 26.0 Å².